The molecule has 1 heterocycles. The second kappa shape index (κ2) is 5.58. The van der Waals surface area contributed by atoms with Crippen LogP contribution in [0.3, 0.4) is 0 Å². The molecular weight excluding hydrogens is 232 g/mol. The van der Waals surface area contributed by atoms with E-state index in [1.54, 1.807) is 0 Å². The summed E-state index contributed by atoms with van der Waals surface area (Å²) < 4.78 is 0. The molecule has 13 heavy (non-hydrogen) atoms. The molecule has 0 saturated carbocycles. The Kier molecular flexibility index (Phi) is 4.71. The number of piperidine rings is 1. The highest BCUT2D eigenvalue weighted by Gasteiger charge is 2.20. The Bertz CT molecular complexity index is 193. The van der Waals surface area contributed by atoms with Gasteiger partial charge in [-0.05, 0) is 19.4 Å². The maximum absolute atomic E-state index is 9.40. The van der Waals surface area contributed by atoms with Gasteiger partial charge in [-0.1, -0.05) is 15.9 Å². The number of aliphatic hydroxyl groups excluding tert-OH is 1. The van der Waals surface area contributed by atoms with Crippen molar-refractivity contribution in [3.05, 3.63) is 0 Å². The van der Waals surface area contributed by atoms with E-state index >= 15 is 0 Å². The van der Waals surface area contributed by atoms with Gasteiger partial charge < -0.3 is 5.11 Å². The van der Waals surface area contributed by atoms with E-state index in [2.05, 4.69) is 26.9 Å². The van der Waals surface area contributed by atoms with Crippen LogP contribution in [0.15, 0.2) is 0 Å². The first-order chi connectivity index (χ1) is 6.26. The van der Waals surface area contributed by atoms with Crippen molar-refractivity contribution in [1.82, 2.24) is 4.90 Å². The van der Waals surface area contributed by atoms with Gasteiger partial charge in [-0.25, -0.2) is 0 Å². The summed E-state index contributed by atoms with van der Waals surface area (Å²) in [5.41, 5.74) is 0. The molecule has 1 rings (SSSR count). The molecule has 4 heteroatoms. The number of likely N-dealkylation sites (tertiary alicyclic amines) is 1. The number of rotatable bonds is 3. The van der Waals surface area contributed by atoms with E-state index in [1.165, 1.54) is 0 Å². The van der Waals surface area contributed by atoms with Crippen molar-refractivity contribution in [1.29, 1.82) is 5.26 Å². The Hall–Kier alpha value is -0.110. The second-order valence-electron chi connectivity index (χ2n) is 3.54. The van der Waals surface area contributed by atoms with E-state index in [0.717, 1.165) is 25.9 Å². The predicted octanol–water partition coefficient (Wildman–Crippen LogP) is 0.978. The minimum absolute atomic E-state index is 0.163. The molecule has 0 radical (unpaired) electrons. The first-order valence-corrected chi connectivity index (χ1v) is 5.74. The maximum atomic E-state index is 9.40. The molecule has 0 aromatic rings. The largest absolute Gasteiger partial charge is 0.391 e. The van der Waals surface area contributed by atoms with Crippen molar-refractivity contribution in [2.24, 2.45) is 5.92 Å². The third kappa shape index (κ3) is 3.63. The van der Waals surface area contributed by atoms with Crippen LogP contribution in [0, 0.1) is 17.2 Å². The monoisotopic (exact) mass is 246 g/mol. The van der Waals surface area contributed by atoms with Crippen LogP contribution in [-0.2, 0) is 0 Å². The summed E-state index contributed by atoms with van der Waals surface area (Å²) in [7, 11) is 0. The van der Waals surface area contributed by atoms with Crippen LogP contribution in [0.4, 0.5) is 0 Å². The van der Waals surface area contributed by atoms with Crippen LogP contribution in [0.1, 0.15) is 12.8 Å². The molecule has 0 amide bonds. The van der Waals surface area contributed by atoms with E-state index in [0.29, 0.717) is 11.9 Å². The molecular formula is C9H15BrN2O. The van der Waals surface area contributed by atoms with Crippen molar-refractivity contribution in [3.63, 3.8) is 0 Å². The lowest BCUT2D eigenvalue weighted by Gasteiger charge is -2.30. The number of aliphatic hydroxyl groups is 1. The summed E-state index contributed by atoms with van der Waals surface area (Å²) in [6.07, 6.45) is 1.78. The highest BCUT2D eigenvalue weighted by molar-refractivity contribution is 9.09. The number of halogens is 1. The van der Waals surface area contributed by atoms with E-state index in [1.807, 2.05) is 0 Å². The standard InChI is InChI=1S/C9H15BrN2O/c10-4-9(13)7-12-3-1-2-8(5-11)6-12/h8-9,13H,1-4,6-7H2. The average molecular weight is 247 g/mol. The SMILES string of the molecule is N#CC1CCCN(CC(O)CBr)C1. The third-order valence-electron chi connectivity index (χ3n) is 2.34. The van der Waals surface area contributed by atoms with Crippen molar-refractivity contribution in [2.45, 2.75) is 18.9 Å². The number of hydrogen-bond acceptors (Lipinski definition) is 3. The Morgan fingerprint density at radius 2 is 2.46 bits per heavy atom. The normalized spacial score (nSPS) is 26.7. The lowest BCUT2D eigenvalue weighted by Crippen LogP contribution is -2.40. The summed E-state index contributed by atoms with van der Waals surface area (Å²) in [5, 5.41) is 18.8. The fourth-order valence-corrected chi connectivity index (χ4v) is 1.88. The molecule has 0 aromatic carbocycles. The molecule has 2 unspecified atom stereocenters. The molecule has 3 nitrogen and oxygen atoms in total. The highest BCUT2D eigenvalue weighted by atomic mass is 79.9. The number of alkyl halides is 1. The number of hydrogen-bond donors (Lipinski definition) is 1. The molecule has 1 aliphatic heterocycles. The Morgan fingerprint density at radius 1 is 1.69 bits per heavy atom. The summed E-state index contributed by atoms with van der Waals surface area (Å²) in [4.78, 5) is 2.17. The molecule has 1 aliphatic rings. The van der Waals surface area contributed by atoms with Crippen molar-refractivity contribution >= 4 is 15.9 Å². The Labute approximate surface area is 87.5 Å². The summed E-state index contributed by atoms with van der Waals surface area (Å²) in [6, 6.07) is 2.29. The fraction of sp³-hybridized carbons (Fsp3) is 0.889. The van der Waals surface area contributed by atoms with Crippen molar-refractivity contribution in [3.8, 4) is 6.07 Å². The lowest BCUT2D eigenvalue weighted by molar-refractivity contribution is 0.107. The summed E-state index contributed by atoms with van der Waals surface area (Å²) in [5.74, 6) is 0.163. The molecule has 2 atom stereocenters. The van der Waals surface area contributed by atoms with E-state index in [9.17, 15) is 5.11 Å². The quantitative estimate of drug-likeness (QED) is 0.756. The van der Waals surface area contributed by atoms with Gasteiger partial charge in [0.15, 0.2) is 0 Å². The third-order valence-corrected chi connectivity index (χ3v) is 3.08. The lowest BCUT2D eigenvalue weighted by atomic mass is 9.99. The summed E-state index contributed by atoms with van der Waals surface area (Å²) in [6.45, 7) is 2.52. The van der Waals surface area contributed by atoms with Crippen LogP contribution in [0.5, 0.6) is 0 Å². The van der Waals surface area contributed by atoms with Crippen LogP contribution >= 0.6 is 15.9 Å². The van der Waals surface area contributed by atoms with Gasteiger partial charge in [0, 0.05) is 18.4 Å². The molecule has 74 valence electrons. The second-order valence-corrected chi connectivity index (χ2v) is 4.18. The van der Waals surface area contributed by atoms with Crippen LogP contribution in [0.2, 0.25) is 0 Å². The molecule has 0 aromatic heterocycles. The molecule has 1 saturated heterocycles. The molecule has 1 fully saturated rings. The predicted molar refractivity (Wildman–Crippen MR) is 54.6 cm³/mol. The van der Waals surface area contributed by atoms with Gasteiger partial charge in [0.05, 0.1) is 18.1 Å². The Morgan fingerprint density at radius 3 is 3.08 bits per heavy atom. The van der Waals surface area contributed by atoms with E-state index in [-0.39, 0.29) is 12.0 Å². The molecule has 0 spiro atoms. The van der Waals surface area contributed by atoms with Gasteiger partial charge in [-0.15, -0.1) is 0 Å². The fourth-order valence-electron chi connectivity index (χ4n) is 1.67. The number of nitrogens with zero attached hydrogens (tertiary/aromatic N) is 2. The number of β-amino-alcohol motifs (C(OH)–C–C–N with tert-alkyl or cyclic N) is 1. The highest BCUT2D eigenvalue weighted by Crippen LogP contribution is 2.15. The summed E-state index contributed by atoms with van der Waals surface area (Å²) >= 11 is 3.23. The van der Waals surface area contributed by atoms with E-state index < -0.39 is 0 Å². The zero-order valence-corrected chi connectivity index (χ0v) is 9.20. The smallest absolute Gasteiger partial charge is 0.0763 e. The van der Waals surface area contributed by atoms with Gasteiger partial charge in [-0.3, -0.25) is 4.90 Å². The minimum Gasteiger partial charge on any atom is -0.391 e. The van der Waals surface area contributed by atoms with E-state index in [4.69, 9.17) is 5.26 Å². The number of nitriles is 1. The van der Waals surface area contributed by atoms with Gasteiger partial charge in [0.2, 0.25) is 0 Å². The van der Waals surface area contributed by atoms with Gasteiger partial charge >= 0.3 is 0 Å². The average Bonchev–Trinajstić information content (AvgIpc) is 2.18. The molecule has 0 aliphatic carbocycles. The van der Waals surface area contributed by atoms with Gasteiger partial charge in [0.1, 0.15) is 0 Å². The molecule has 0 bridgehead atoms. The van der Waals surface area contributed by atoms with Gasteiger partial charge in [0.25, 0.3) is 0 Å². The van der Waals surface area contributed by atoms with Crippen LogP contribution in [0.25, 0.3) is 0 Å². The first-order valence-electron chi connectivity index (χ1n) is 4.62. The topological polar surface area (TPSA) is 47.3 Å². The maximum Gasteiger partial charge on any atom is 0.0763 e. The van der Waals surface area contributed by atoms with Crippen molar-refractivity contribution in [2.75, 3.05) is 25.0 Å². The Balaban J connectivity index is 2.30. The molecule has 1 N–H and O–H groups in total. The minimum atomic E-state index is -0.308. The van der Waals surface area contributed by atoms with Crippen LogP contribution < -0.4 is 0 Å². The van der Waals surface area contributed by atoms with Gasteiger partial charge in [-0.2, -0.15) is 5.26 Å². The first kappa shape index (κ1) is 11.0. The zero-order chi connectivity index (χ0) is 9.68. The zero-order valence-electron chi connectivity index (χ0n) is 7.62. The van der Waals surface area contributed by atoms with Crippen molar-refractivity contribution < 1.29 is 5.11 Å². The van der Waals surface area contributed by atoms with Crippen LogP contribution in [-0.4, -0.2) is 41.1 Å².